The number of fused-ring (bicyclic) bond motifs is 3. The van der Waals surface area contributed by atoms with Crippen molar-refractivity contribution >= 4 is 0 Å². The molecule has 24 heavy (non-hydrogen) atoms. The van der Waals surface area contributed by atoms with Crippen molar-refractivity contribution < 1.29 is 0 Å². The second-order valence-electron chi connectivity index (χ2n) is 11.0. The lowest BCUT2D eigenvalue weighted by Crippen LogP contribution is -2.51. The highest BCUT2D eigenvalue weighted by atomic mass is 14.7. The van der Waals surface area contributed by atoms with Crippen molar-refractivity contribution in [3.05, 3.63) is 0 Å². The molecule has 0 nitrogen and oxygen atoms in total. The lowest BCUT2D eigenvalue weighted by molar-refractivity contribution is -0.0920. The summed E-state index contributed by atoms with van der Waals surface area (Å²) in [6.07, 6.45) is 19.7. The standard InChI is InChI=1S/C24H42/c1-18(22(2)15-9-5-10-16-22)24(4)21-14-7-6-12-19(21)20-13-8-11-17-23(20,24)3/h18-21H,5-17H2,1-4H3. The van der Waals surface area contributed by atoms with Gasteiger partial charge in [0.05, 0.1) is 0 Å². The van der Waals surface area contributed by atoms with Gasteiger partial charge in [0, 0.05) is 0 Å². The average Bonchev–Trinajstić information content (AvgIpc) is 2.81. The Kier molecular flexibility index (Phi) is 4.37. The van der Waals surface area contributed by atoms with Crippen LogP contribution in [0.25, 0.3) is 0 Å². The van der Waals surface area contributed by atoms with E-state index in [4.69, 9.17) is 0 Å². The third-order valence-electron chi connectivity index (χ3n) is 10.6. The molecule has 4 aliphatic carbocycles. The van der Waals surface area contributed by atoms with Gasteiger partial charge < -0.3 is 0 Å². The van der Waals surface area contributed by atoms with Crippen molar-refractivity contribution in [2.24, 2.45) is 39.9 Å². The van der Waals surface area contributed by atoms with Crippen LogP contribution in [0.5, 0.6) is 0 Å². The van der Waals surface area contributed by atoms with Crippen LogP contribution in [0.3, 0.4) is 0 Å². The highest BCUT2D eigenvalue weighted by Crippen LogP contribution is 2.74. The SMILES string of the molecule is CC(C1(C)CCCCC1)C1(C)C2CCCCC2C2CCCCC21C. The van der Waals surface area contributed by atoms with Crippen molar-refractivity contribution in [1.82, 2.24) is 0 Å². The van der Waals surface area contributed by atoms with Gasteiger partial charge >= 0.3 is 0 Å². The van der Waals surface area contributed by atoms with Gasteiger partial charge in [-0.05, 0) is 78.4 Å². The molecule has 0 amide bonds. The molecule has 0 heterocycles. The van der Waals surface area contributed by atoms with E-state index in [0.29, 0.717) is 16.2 Å². The Bertz CT molecular complexity index is 459. The third kappa shape index (κ3) is 2.23. The van der Waals surface area contributed by atoms with Crippen molar-refractivity contribution in [2.75, 3.05) is 0 Å². The smallest absolute Gasteiger partial charge is 0.0207 e. The largest absolute Gasteiger partial charge is 0.0614 e. The minimum absolute atomic E-state index is 0.593. The first-order chi connectivity index (χ1) is 11.4. The first-order valence-corrected chi connectivity index (χ1v) is 11.4. The molecule has 0 bridgehead atoms. The van der Waals surface area contributed by atoms with E-state index >= 15 is 0 Å². The van der Waals surface area contributed by atoms with E-state index in [-0.39, 0.29) is 0 Å². The molecule has 0 saturated heterocycles. The summed E-state index contributed by atoms with van der Waals surface area (Å²) in [5, 5.41) is 0. The normalized spacial score (nSPS) is 49.2. The predicted octanol–water partition coefficient (Wildman–Crippen LogP) is 7.62. The molecule has 0 radical (unpaired) electrons. The highest BCUT2D eigenvalue weighted by Gasteiger charge is 2.67. The molecule has 0 heteroatoms. The van der Waals surface area contributed by atoms with Gasteiger partial charge in [-0.2, -0.15) is 0 Å². The Morgan fingerprint density at radius 3 is 2.00 bits per heavy atom. The summed E-state index contributed by atoms with van der Waals surface area (Å²) in [7, 11) is 0. The zero-order valence-electron chi connectivity index (χ0n) is 17.0. The summed E-state index contributed by atoms with van der Waals surface area (Å²) in [5.74, 6) is 4.07. The Labute approximate surface area is 151 Å². The quantitative estimate of drug-likeness (QED) is 0.488. The molecule has 4 fully saturated rings. The van der Waals surface area contributed by atoms with E-state index in [1.165, 1.54) is 64.2 Å². The molecule has 0 aliphatic heterocycles. The van der Waals surface area contributed by atoms with Gasteiger partial charge in [0.1, 0.15) is 0 Å². The van der Waals surface area contributed by atoms with Crippen LogP contribution >= 0.6 is 0 Å². The summed E-state index contributed by atoms with van der Waals surface area (Å²) in [6, 6.07) is 0. The lowest BCUT2D eigenvalue weighted by atomic mass is 9.47. The fourth-order valence-electron chi connectivity index (χ4n) is 8.86. The number of rotatable bonds is 2. The molecule has 4 saturated carbocycles. The molecule has 6 unspecified atom stereocenters. The number of hydrogen-bond acceptors (Lipinski definition) is 0. The second kappa shape index (κ2) is 6.02. The minimum atomic E-state index is 0.593. The van der Waals surface area contributed by atoms with Gasteiger partial charge in [-0.1, -0.05) is 72.6 Å². The summed E-state index contributed by atoms with van der Waals surface area (Å²) in [4.78, 5) is 0. The molecule has 0 spiro atoms. The Morgan fingerprint density at radius 2 is 1.25 bits per heavy atom. The van der Waals surface area contributed by atoms with Crippen molar-refractivity contribution in [3.63, 3.8) is 0 Å². The van der Waals surface area contributed by atoms with Gasteiger partial charge in [0.15, 0.2) is 0 Å². The number of hydrogen-bond donors (Lipinski definition) is 0. The Hall–Kier alpha value is 0. The van der Waals surface area contributed by atoms with E-state index in [9.17, 15) is 0 Å². The van der Waals surface area contributed by atoms with Gasteiger partial charge in [-0.3, -0.25) is 0 Å². The van der Waals surface area contributed by atoms with Crippen molar-refractivity contribution in [3.8, 4) is 0 Å². The summed E-state index contributed by atoms with van der Waals surface area (Å²) >= 11 is 0. The molecule has 0 aromatic carbocycles. The monoisotopic (exact) mass is 330 g/mol. The van der Waals surface area contributed by atoms with Crippen LogP contribution in [0.4, 0.5) is 0 Å². The van der Waals surface area contributed by atoms with Crippen LogP contribution in [0.2, 0.25) is 0 Å². The first kappa shape index (κ1) is 17.4. The van der Waals surface area contributed by atoms with E-state index < -0.39 is 0 Å². The second-order valence-corrected chi connectivity index (χ2v) is 11.0. The molecule has 4 aliphatic rings. The zero-order valence-corrected chi connectivity index (χ0v) is 17.0. The lowest BCUT2D eigenvalue weighted by Gasteiger charge is -2.58. The van der Waals surface area contributed by atoms with Crippen LogP contribution in [0.15, 0.2) is 0 Å². The molecule has 0 aromatic heterocycles. The van der Waals surface area contributed by atoms with Gasteiger partial charge in [-0.15, -0.1) is 0 Å². The Morgan fingerprint density at radius 1 is 0.667 bits per heavy atom. The summed E-state index contributed by atoms with van der Waals surface area (Å²) in [5.41, 5.74) is 1.84. The van der Waals surface area contributed by atoms with E-state index in [2.05, 4.69) is 27.7 Å². The molecule has 138 valence electrons. The van der Waals surface area contributed by atoms with Crippen LogP contribution < -0.4 is 0 Å². The van der Waals surface area contributed by atoms with Crippen LogP contribution in [-0.4, -0.2) is 0 Å². The summed E-state index contributed by atoms with van der Waals surface area (Å²) in [6.45, 7) is 10.9. The van der Waals surface area contributed by atoms with Crippen LogP contribution in [0.1, 0.15) is 111 Å². The molecule has 6 atom stereocenters. The first-order valence-electron chi connectivity index (χ1n) is 11.4. The summed E-state index contributed by atoms with van der Waals surface area (Å²) < 4.78 is 0. The molecular weight excluding hydrogens is 288 g/mol. The average molecular weight is 331 g/mol. The molecule has 4 rings (SSSR count). The maximum Gasteiger partial charge on any atom is -0.0207 e. The van der Waals surface area contributed by atoms with Crippen molar-refractivity contribution in [1.29, 1.82) is 0 Å². The predicted molar refractivity (Wildman–Crippen MR) is 104 cm³/mol. The zero-order chi connectivity index (χ0) is 17.0. The maximum atomic E-state index is 2.80. The fourth-order valence-corrected chi connectivity index (χ4v) is 8.86. The maximum absolute atomic E-state index is 2.80. The van der Waals surface area contributed by atoms with Gasteiger partial charge in [0.2, 0.25) is 0 Å². The van der Waals surface area contributed by atoms with Gasteiger partial charge in [-0.25, -0.2) is 0 Å². The highest BCUT2D eigenvalue weighted by molar-refractivity contribution is 5.15. The molecular formula is C24H42. The molecule has 0 aromatic rings. The third-order valence-corrected chi connectivity index (χ3v) is 10.6. The minimum Gasteiger partial charge on any atom is -0.0614 e. The topological polar surface area (TPSA) is 0 Å². The van der Waals surface area contributed by atoms with Crippen LogP contribution in [-0.2, 0) is 0 Å². The fraction of sp³-hybridized carbons (Fsp3) is 1.00. The molecule has 0 N–H and O–H groups in total. The van der Waals surface area contributed by atoms with Crippen molar-refractivity contribution in [2.45, 2.75) is 111 Å². The van der Waals surface area contributed by atoms with E-state index in [1.54, 1.807) is 19.3 Å². The Balaban J connectivity index is 1.74. The van der Waals surface area contributed by atoms with Gasteiger partial charge in [0.25, 0.3) is 0 Å². The van der Waals surface area contributed by atoms with E-state index in [1.807, 2.05) is 0 Å². The van der Waals surface area contributed by atoms with Crippen LogP contribution in [0, 0.1) is 39.9 Å². The van der Waals surface area contributed by atoms with E-state index in [0.717, 1.165) is 23.7 Å².